The monoisotopic (exact) mass is 198 g/mol. The third kappa shape index (κ3) is 2.28. The number of hydrogen-bond acceptors (Lipinski definition) is 2. The highest BCUT2D eigenvalue weighted by atomic mass is 16.6. The van der Waals surface area contributed by atoms with Gasteiger partial charge >= 0.3 is 5.97 Å². The molecule has 0 aromatic heterocycles. The molecular formula is C12H22O2. The number of ether oxygens (including phenoxy) is 1. The average molecular weight is 198 g/mol. The third-order valence-electron chi connectivity index (χ3n) is 3.28. The summed E-state index contributed by atoms with van der Waals surface area (Å²) in [4.78, 5) is 11.6. The van der Waals surface area contributed by atoms with Crippen molar-refractivity contribution < 1.29 is 9.53 Å². The highest BCUT2D eigenvalue weighted by Crippen LogP contribution is 2.39. The summed E-state index contributed by atoms with van der Waals surface area (Å²) in [5.41, 5.74) is -0.151. The van der Waals surface area contributed by atoms with Crippen LogP contribution in [0.1, 0.15) is 53.4 Å². The fourth-order valence-corrected chi connectivity index (χ4v) is 2.09. The molecule has 0 heterocycles. The molecule has 82 valence electrons. The van der Waals surface area contributed by atoms with Gasteiger partial charge in [-0.25, -0.2) is 0 Å². The number of rotatable bonds is 3. The van der Waals surface area contributed by atoms with Gasteiger partial charge in [-0.2, -0.15) is 0 Å². The third-order valence-corrected chi connectivity index (χ3v) is 3.28. The highest BCUT2D eigenvalue weighted by Gasteiger charge is 2.40. The lowest BCUT2D eigenvalue weighted by molar-refractivity contribution is -0.168. The van der Waals surface area contributed by atoms with E-state index in [2.05, 4.69) is 13.8 Å². The van der Waals surface area contributed by atoms with E-state index in [4.69, 9.17) is 4.74 Å². The van der Waals surface area contributed by atoms with Gasteiger partial charge in [0.25, 0.3) is 0 Å². The molecule has 1 saturated carbocycles. The summed E-state index contributed by atoms with van der Waals surface area (Å²) >= 11 is 0. The van der Waals surface area contributed by atoms with E-state index in [1.807, 2.05) is 13.8 Å². The van der Waals surface area contributed by atoms with Gasteiger partial charge in [-0.3, -0.25) is 4.79 Å². The molecule has 0 spiro atoms. The van der Waals surface area contributed by atoms with E-state index in [9.17, 15) is 4.79 Å². The molecule has 0 amide bonds. The topological polar surface area (TPSA) is 26.3 Å². The largest absolute Gasteiger partial charge is 0.459 e. The summed E-state index contributed by atoms with van der Waals surface area (Å²) in [5.74, 6) is 0.388. The first-order valence-corrected chi connectivity index (χ1v) is 5.71. The minimum atomic E-state index is -0.151. The molecule has 0 aliphatic heterocycles. The minimum Gasteiger partial charge on any atom is -0.459 e. The Bertz CT molecular complexity index is 200. The van der Waals surface area contributed by atoms with Crippen LogP contribution < -0.4 is 0 Å². The predicted molar refractivity (Wildman–Crippen MR) is 57.0 cm³/mol. The van der Waals surface area contributed by atoms with Gasteiger partial charge in [-0.1, -0.05) is 27.7 Å². The van der Waals surface area contributed by atoms with Gasteiger partial charge in [0.15, 0.2) is 0 Å². The standard InChI is InChI=1S/C12H22O2/c1-9(2)11(13)14-12(10(3)4)7-5-6-8-12/h9-10H,5-8H2,1-4H3. The Hall–Kier alpha value is -0.530. The van der Waals surface area contributed by atoms with Crippen molar-refractivity contribution in [3.05, 3.63) is 0 Å². The van der Waals surface area contributed by atoms with Gasteiger partial charge in [0.2, 0.25) is 0 Å². The van der Waals surface area contributed by atoms with E-state index in [1.54, 1.807) is 0 Å². The summed E-state index contributed by atoms with van der Waals surface area (Å²) in [6.45, 7) is 8.09. The van der Waals surface area contributed by atoms with Gasteiger partial charge in [0.05, 0.1) is 5.92 Å². The van der Waals surface area contributed by atoms with Crippen LogP contribution in [-0.4, -0.2) is 11.6 Å². The first-order valence-electron chi connectivity index (χ1n) is 5.71. The Morgan fingerprint density at radius 2 is 1.64 bits per heavy atom. The molecule has 0 N–H and O–H groups in total. The highest BCUT2D eigenvalue weighted by molar-refractivity contribution is 5.72. The van der Waals surface area contributed by atoms with Crippen molar-refractivity contribution in [2.24, 2.45) is 11.8 Å². The molecule has 1 fully saturated rings. The van der Waals surface area contributed by atoms with Crippen molar-refractivity contribution in [3.63, 3.8) is 0 Å². The number of hydrogen-bond donors (Lipinski definition) is 0. The van der Waals surface area contributed by atoms with Crippen LogP contribution >= 0.6 is 0 Å². The smallest absolute Gasteiger partial charge is 0.308 e. The van der Waals surface area contributed by atoms with Crippen molar-refractivity contribution in [1.82, 2.24) is 0 Å². The normalized spacial score (nSPS) is 20.4. The van der Waals surface area contributed by atoms with Gasteiger partial charge in [0.1, 0.15) is 5.60 Å². The molecule has 1 aliphatic carbocycles. The molecule has 0 aromatic rings. The lowest BCUT2D eigenvalue weighted by Gasteiger charge is -2.33. The molecule has 1 rings (SSSR count). The molecule has 0 atom stereocenters. The van der Waals surface area contributed by atoms with Gasteiger partial charge < -0.3 is 4.74 Å². The zero-order valence-electron chi connectivity index (χ0n) is 9.80. The Morgan fingerprint density at radius 3 is 2.00 bits per heavy atom. The maximum Gasteiger partial charge on any atom is 0.308 e. The van der Waals surface area contributed by atoms with Crippen LogP contribution in [0, 0.1) is 11.8 Å². The van der Waals surface area contributed by atoms with E-state index >= 15 is 0 Å². The van der Waals surface area contributed by atoms with E-state index in [0.29, 0.717) is 5.92 Å². The van der Waals surface area contributed by atoms with Gasteiger partial charge in [-0.05, 0) is 31.6 Å². The van der Waals surface area contributed by atoms with Crippen LogP contribution in [0.3, 0.4) is 0 Å². The van der Waals surface area contributed by atoms with Crippen molar-refractivity contribution in [2.75, 3.05) is 0 Å². The zero-order valence-corrected chi connectivity index (χ0v) is 9.80. The summed E-state index contributed by atoms with van der Waals surface area (Å²) in [7, 11) is 0. The van der Waals surface area contributed by atoms with E-state index in [0.717, 1.165) is 12.8 Å². The van der Waals surface area contributed by atoms with Crippen LogP contribution in [0.4, 0.5) is 0 Å². The first-order chi connectivity index (χ1) is 6.48. The van der Waals surface area contributed by atoms with Crippen LogP contribution in [0.5, 0.6) is 0 Å². The lowest BCUT2D eigenvalue weighted by atomic mass is 9.88. The SMILES string of the molecule is CC(C)C(=O)OC1(C(C)C)CCCC1. The number of esters is 1. The Balaban J connectivity index is 2.65. The van der Waals surface area contributed by atoms with Crippen molar-refractivity contribution in [2.45, 2.75) is 59.0 Å². The second kappa shape index (κ2) is 4.33. The Kier molecular flexibility index (Phi) is 3.57. The number of carbonyl (C=O) groups is 1. The maximum atomic E-state index is 11.6. The first kappa shape index (κ1) is 11.5. The molecule has 0 saturated heterocycles. The van der Waals surface area contributed by atoms with Crippen LogP contribution in [-0.2, 0) is 9.53 Å². The van der Waals surface area contributed by atoms with Crippen LogP contribution in [0.2, 0.25) is 0 Å². The minimum absolute atomic E-state index is 0.00812. The second-order valence-corrected chi connectivity index (χ2v) is 5.00. The molecule has 2 heteroatoms. The average Bonchev–Trinajstić information content (AvgIpc) is 2.53. The van der Waals surface area contributed by atoms with Crippen LogP contribution in [0.15, 0.2) is 0 Å². The van der Waals surface area contributed by atoms with E-state index < -0.39 is 0 Å². The van der Waals surface area contributed by atoms with Crippen LogP contribution in [0.25, 0.3) is 0 Å². The Labute approximate surface area is 87.0 Å². The van der Waals surface area contributed by atoms with Crippen molar-refractivity contribution in [3.8, 4) is 0 Å². The molecular weight excluding hydrogens is 176 g/mol. The summed E-state index contributed by atoms with van der Waals surface area (Å²) in [6, 6.07) is 0. The molecule has 0 aromatic carbocycles. The maximum absolute atomic E-state index is 11.6. The predicted octanol–water partition coefficient (Wildman–Crippen LogP) is 3.15. The Morgan fingerprint density at radius 1 is 1.14 bits per heavy atom. The zero-order chi connectivity index (χ0) is 10.8. The second-order valence-electron chi connectivity index (χ2n) is 5.00. The summed E-state index contributed by atoms with van der Waals surface area (Å²) in [6.07, 6.45) is 4.49. The van der Waals surface area contributed by atoms with E-state index in [1.165, 1.54) is 12.8 Å². The fraction of sp³-hybridized carbons (Fsp3) is 0.917. The quantitative estimate of drug-likeness (QED) is 0.651. The molecule has 0 radical (unpaired) electrons. The molecule has 14 heavy (non-hydrogen) atoms. The van der Waals surface area contributed by atoms with Crippen molar-refractivity contribution >= 4 is 5.97 Å². The van der Waals surface area contributed by atoms with Gasteiger partial charge in [0, 0.05) is 0 Å². The molecule has 1 aliphatic rings. The fourth-order valence-electron chi connectivity index (χ4n) is 2.09. The lowest BCUT2D eigenvalue weighted by Crippen LogP contribution is -2.38. The summed E-state index contributed by atoms with van der Waals surface area (Å²) < 4.78 is 5.68. The van der Waals surface area contributed by atoms with Gasteiger partial charge in [-0.15, -0.1) is 0 Å². The molecule has 0 unspecified atom stereocenters. The molecule has 0 bridgehead atoms. The number of carbonyl (C=O) groups excluding carboxylic acids is 1. The van der Waals surface area contributed by atoms with Crippen molar-refractivity contribution in [1.29, 1.82) is 0 Å². The van der Waals surface area contributed by atoms with E-state index in [-0.39, 0.29) is 17.5 Å². The summed E-state index contributed by atoms with van der Waals surface area (Å²) in [5, 5.41) is 0. The molecule has 2 nitrogen and oxygen atoms in total.